The number of anilines is 1. The van der Waals surface area contributed by atoms with Gasteiger partial charge in [-0.3, -0.25) is 5.41 Å². The first-order chi connectivity index (χ1) is 17.7. The lowest BCUT2D eigenvalue weighted by molar-refractivity contribution is 0.228. The number of nitrogen functional groups attached to an aromatic ring is 1. The number of aryl methyl sites for hydroxylation is 2. The lowest BCUT2D eigenvalue weighted by atomic mass is 9.97. The van der Waals surface area contributed by atoms with Crippen molar-refractivity contribution in [3.8, 4) is 11.5 Å². The summed E-state index contributed by atoms with van der Waals surface area (Å²) in [6.45, 7) is 10.1. The van der Waals surface area contributed by atoms with Gasteiger partial charge in [-0.2, -0.15) is 0 Å². The Kier molecular flexibility index (Phi) is 7.62. The van der Waals surface area contributed by atoms with E-state index < -0.39 is 11.9 Å². The van der Waals surface area contributed by atoms with Gasteiger partial charge < -0.3 is 20.5 Å². The number of nitrogens with zero attached hydrogens (tertiary/aromatic N) is 1. The number of hydrogen-bond acceptors (Lipinski definition) is 5. The van der Waals surface area contributed by atoms with Gasteiger partial charge in [0.1, 0.15) is 11.6 Å². The Morgan fingerprint density at radius 1 is 1.05 bits per heavy atom. The zero-order valence-electron chi connectivity index (χ0n) is 21.9. The van der Waals surface area contributed by atoms with Crippen molar-refractivity contribution in [3.05, 3.63) is 94.4 Å². The Labute approximate surface area is 217 Å². The minimum atomic E-state index is -0.652. The van der Waals surface area contributed by atoms with Crippen LogP contribution in [0.3, 0.4) is 0 Å². The third kappa shape index (κ3) is 5.66. The minimum Gasteiger partial charge on any atom is -0.494 e. The molecule has 37 heavy (non-hydrogen) atoms. The molecule has 0 spiro atoms. The standard InChI is InChI=1S/C30H33FN4O2/c1-6-36-22-15-24(27(31)26(16-22)37-17(2)3)29(34-21-12-10-20(11-13-21)30(32)33)25-14-19(5)23-9-7-8-18(4)28(23)35-25/h7-17,29,34H,6H2,1-5H3,(H3,32,33). The number of pyridine rings is 1. The van der Waals surface area contributed by atoms with Gasteiger partial charge in [-0.1, -0.05) is 18.2 Å². The van der Waals surface area contributed by atoms with Crippen molar-refractivity contribution in [2.75, 3.05) is 11.9 Å². The molecule has 1 atom stereocenters. The van der Waals surface area contributed by atoms with E-state index in [1.54, 1.807) is 24.3 Å². The summed E-state index contributed by atoms with van der Waals surface area (Å²) >= 11 is 0. The number of nitrogens with one attached hydrogen (secondary N) is 2. The lowest BCUT2D eigenvalue weighted by Crippen LogP contribution is -2.18. The first-order valence-corrected chi connectivity index (χ1v) is 12.4. The molecule has 1 unspecified atom stereocenters. The zero-order chi connectivity index (χ0) is 26.7. The molecule has 4 rings (SSSR count). The van der Waals surface area contributed by atoms with Gasteiger partial charge in [0, 0.05) is 28.3 Å². The molecule has 0 aliphatic rings. The number of hydrogen-bond donors (Lipinski definition) is 3. The molecule has 1 heterocycles. The fourth-order valence-corrected chi connectivity index (χ4v) is 4.35. The highest BCUT2D eigenvalue weighted by Crippen LogP contribution is 2.37. The molecule has 0 aliphatic carbocycles. The Hall–Kier alpha value is -4.13. The van der Waals surface area contributed by atoms with E-state index in [2.05, 4.69) is 5.32 Å². The monoisotopic (exact) mass is 500 g/mol. The molecule has 6 nitrogen and oxygen atoms in total. The summed E-state index contributed by atoms with van der Waals surface area (Å²) in [5, 5.41) is 12.2. The summed E-state index contributed by atoms with van der Waals surface area (Å²) in [6.07, 6.45) is -0.214. The Morgan fingerprint density at radius 3 is 2.43 bits per heavy atom. The highest BCUT2D eigenvalue weighted by Gasteiger charge is 2.25. The van der Waals surface area contributed by atoms with Crippen molar-refractivity contribution in [1.82, 2.24) is 4.98 Å². The topological polar surface area (TPSA) is 93.2 Å². The van der Waals surface area contributed by atoms with Crippen LogP contribution >= 0.6 is 0 Å². The summed E-state index contributed by atoms with van der Waals surface area (Å²) in [6, 6.07) is 17.8. The van der Waals surface area contributed by atoms with Crippen LogP contribution in [0.1, 0.15) is 54.8 Å². The molecular weight excluding hydrogens is 467 g/mol. The molecule has 0 fully saturated rings. The third-order valence-electron chi connectivity index (χ3n) is 6.10. The predicted molar refractivity (Wildman–Crippen MR) is 147 cm³/mol. The lowest BCUT2D eigenvalue weighted by Gasteiger charge is -2.24. The van der Waals surface area contributed by atoms with Gasteiger partial charge >= 0.3 is 0 Å². The second-order valence-electron chi connectivity index (χ2n) is 9.33. The predicted octanol–water partition coefficient (Wildman–Crippen LogP) is 6.66. The second-order valence-corrected chi connectivity index (χ2v) is 9.33. The number of rotatable bonds is 9. The van der Waals surface area contributed by atoms with E-state index in [1.165, 1.54) is 0 Å². The summed E-state index contributed by atoms with van der Waals surface area (Å²) in [5.41, 5.74) is 10.9. The third-order valence-corrected chi connectivity index (χ3v) is 6.10. The van der Waals surface area contributed by atoms with Gasteiger partial charge in [-0.15, -0.1) is 0 Å². The summed E-state index contributed by atoms with van der Waals surface area (Å²) in [5.74, 6) is 0.154. The maximum Gasteiger partial charge on any atom is 0.171 e. The van der Waals surface area contributed by atoms with Crippen LogP contribution in [0, 0.1) is 25.1 Å². The maximum absolute atomic E-state index is 16.1. The second kappa shape index (κ2) is 10.9. The first kappa shape index (κ1) is 25.9. The van der Waals surface area contributed by atoms with Crippen molar-refractivity contribution in [1.29, 1.82) is 5.41 Å². The molecule has 192 valence electrons. The van der Waals surface area contributed by atoms with Gasteiger partial charge in [0.05, 0.1) is 30.0 Å². The van der Waals surface area contributed by atoms with E-state index in [9.17, 15) is 0 Å². The first-order valence-electron chi connectivity index (χ1n) is 12.4. The van der Waals surface area contributed by atoms with E-state index in [0.29, 0.717) is 29.2 Å². The molecule has 4 N–H and O–H groups in total. The van der Waals surface area contributed by atoms with E-state index in [4.69, 9.17) is 25.6 Å². The normalized spacial score (nSPS) is 12.0. The summed E-state index contributed by atoms with van der Waals surface area (Å²) in [7, 11) is 0. The van der Waals surface area contributed by atoms with Gasteiger partial charge in [-0.25, -0.2) is 9.37 Å². The molecular formula is C30H33FN4O2. The fourth-order valence-electron chi connectivity index (χ4n) is 4.35. The van der Waals surface area contributed by atoms with Crippen LogP contribution in [0.2, 0.25) is 0 Å². The van der Waals surface area contributed by atoms with Crippen LogP contribution in [-0.4, -0.2) is 23.5 Å². The average molecular weight is 501 g/mol. The number of benzene rings is 3. The van der Waals surface area contributed by atoms with Gasteiger partial charge in [-0.05, 0) is 82.1 Å². The van der Waals surface area contributed by atoms with Crippen LogP contribution in [0.25, 0.3) is 10.9 Å². The van der Waals surface area contributed by atoms with Gasteiger partial charge in [0.25, 0.3) is 0 Å². The number of ether oxygens (including phenoxy) is 2. The van der Waals surface area contributed by atoms with E-state index in [-0.39, 0.29) is 17.7 Å². The fraction of sp³-hybridized carbons (Fsp3) is 0.267. The number of aromatic nitrogens is 1. The molecule has 0 bridgehead atoms. The van der Waals surface area contributed by atoms with Crippen LogP contribution in [-0.2, 0) is 0 Å². The number of halogens is 1. The van der Waals surface area contributed by atoms with Gasteiger partial charge in [0.2, 0.25) is 0 Å². The molecule has 4 aromatic rings. The highest BCUT2D eigenvalue weighted by atomic mass is 19.1. The molecule has 1 aromatic heterocycles. The largest absolute Gasteiger partial charge is 0.494 e. The average Bonchev–Trinajstić information content (AvgIpc) is 2.85. The molecule has 3 aromatic carbocycles. The van der Waals surface area contributed by atoms with Crippen molar-refractivity contribution in [3.63, 3.8) is 0 Å². The summed E-state index contributed by atoms with van der Waals surface area (Å²) < 4.78 is 27.7. The van der Waals surface area contributed by atoms with Crippen molar-refractivity contribution < 1.29 is 13.9 Å². The molecule has 0 aliphatic heterocycles. The SMILES string of the molecule is CCOc1cc(OC(C)C)c(F)c(C(Nc2ccc(C(=N)N)cc2)c2cc(C)c3cccc(C)c3n2)c1. The number of para-hydroxylation sites is 1. The number of amidine groups is 1. The molecule has 0 saturated carbocycles. The van der Waals surface area contributed by atoms with Crippen LogP contribution in [0.5, 0.6) is 11.5 Å². The summed E-state index contributed by atoms with van der Waals surface area (Å²) in [4.78, 5) is 5.00. The molecule has 0 saturated heterocycles. The quantitative estimate of drug-likeness (QED) is 0.176. The van der Waals surface area contributed by atoms with Crippen molar-refractivity contribution in [2.45, 2.75) is 46.8 Å². The Balaban J connectivity index is 1.92. The zero-order valence-corrected chi connectivity index (χ0v) is 21.9. The molecule has 7 heteroatoms. The number of nitrogens with two attached hydrogens (primary N) is 1. The van der Waals surface area contributed by atoms with E-state index in [1.807, 2.05) is 71.0 Å². The van der Waals surface area contributed by atoms with Crippen LogP contribution in [0.4, 0.5) is 10.1 Å². The van der Waals surface area contributed by atoms with Crippen LogP contribution < -0.4 is 20.5 Å². The maximum atomic E-state index is 16.1. The van der Waals surface area contributed by atoms with Gasteiger partial charge in [0.15, 0.2) is 11.6 Å². The Bertz CT molecular complexity index is 1430. The Morgan fingerprint density at radius 2 is 1.78 bits per heavy atom. The number of fused-ring (bicyclic) bond motifs is 1. The van der Waals surface area contributed by atoms with Crippen LogP contribution in [0.15, 0.2) is 60.7 Å². The highest BCUT2D eigenvalue weighted by molar-refractivity contribution is 5.95. The molecule has 0 amide bonds. The van der Waals surface area contributed by atoms with Crippen molar-refractivity contribution in [2.24, 2.45) is 5.73 Å². The molecule has 0 radical (unpaired) electrons. The van der Waals surface area contributed by atoms with Crippen molar-refractivity contribution >= 4 is 22.4 Å². The smallest absolute Gasteiger partial charge is 0.171 e. The van der Waals surface area contributed by atoms with E-state index >= 15 is 4.39 Å². The van der Waals surface area contributed by atoms with E-state index in [0.717, 1.165) is 27.7 Å². The minimum absolute atomic E-state index is 0.0173.